The van der Waals surface area contributed by atoms with Crippen LogP contribution < -0.4 is 5.32 Å². The Morgan fingerprint density at radius 3 is 2.58 bits per heavy atom. The fourth-order valence-corrected chi connectivity index (χ4v) is 1.32. The number of rotatable bonds is 5. The number of hydrogen-bond donors (Lipinski definition) is 3. The highest BCUT2D eigenvalue weighted by Gasteiger charge is 2.36. The molecule has 106 valence electrons. The second kappa shape index (κ2) is 5.72. The van der Waals surface area contributed by atoms with Gasteiger partial charge in [-0.05, 0) is 12.5 Å². The summed E-state index contributed by atoms with van der Waals surface area (Å²) in [4.78, 5) is 22.2. The molecule has 1 amide bonds. The van der Waals surface area contributed by atoms with Crippen LogP contribution in [0.15, 0.2) is 6.07 Å². The first-order chi connectivity index (χ1) is 8.73. The van der Waals surface area contributed by atoms with Gasteiger partial charge in [0, 0.05) is 5.69 Å². The number of aryl methyl sites for hydroxylation is 1. The van der Waals surface area contributed by atoms with Gasteiger partial charge in [-0.15, -0.1) is 0 Å². The third-order valence-electron chi connectivity index (χ3n) is 2.28. The number of halogens is 3. The van der Waals surface area contributed by atoms with E-state index in [9.17, 15) is 22.8 Å². The average Bonchev–Trinajstić information content (AvgIpc) is 2.74. The molecule has 9 heteroatoms. The van der Waals surface area contributed by atoms with Gasteiger partial charge in [0.05, 0.1) is 6.42 Å². The molecular weight excluding hydrogens is 267 g/mol. The van der Waals surface area contributed by atoms with Gasteiger partial charge in [0.25, 0.3) is 5.91 Å². The van der Waals surface area contributed by atoms with Crippen LogP contribution in [-0.2, 0) is 11.2 Å². The molecule has 0 saturated carbocycles. The summed E-state index contributed by atoms with van der Waals surface area (Å²) in [5, 5.41) is 16.5. The number of carboxylic acid groups (broad SMARTS) is 1. The van der Waals surface area contributed by atoms with E-state index >= 15 is 0 Å². The van der Waals surface area contributed by atoms with E-state index in [1.54, 1.807) is 12.2 Å². The normalized spacial score (nSPS) is 13.1. The van der Waals surface area contributed by atoms with Gasteiger partial charge in [-0.2, -0.15) is 18.3 Å². The van der Waals surface area contributed by atoms with Crippen LogP contribution in [0.5, 0.6) is 0 Å². The van der Waals surface area contributed by atoms with Crippen LogP contribution in [0.2, 0.25) is 0 Å². The Labute approximate surface area is 106 Å². The van der Waals surface area contributed by atoms with Gasteiger partial charge in [0.15, 0.2) is 0 Å². The van der Waals surface area contributed by atoms with Gasteiger partial charge in [-0.3, -0.25) is 9.89 Å². The minimum absolute atomic E-state index is 0.148. The molecule has 0 aliphatic heterocycles. The van der Waals surface area contributed by atoms with Crippen LogP contribution in [-0.4, -0.2) is 39.4 Å². The molecule has 0 aliphatic carbocycles. The number of alkyl halides is 3. The van der Waals surface area contributed by atoms with Crippen LogP contribution >= 0.6 is 0 Å². The number of carboxylic acids is 1. The van der Waals surface area contributed by atoms with Crippen molar-refractivity contribution in [2.24, 2.45) is 0 Å². The summed E-state index contributed by atoms with van der Waals surface area (Å²) in [5.74, 6) is -2.72. The van der Waals surface area contributed by atoms with Crippen LogP contribution in [0.25, 0.3) is 0 Å². The first-order valence-electron chi connectivity index (χ1n) is 5.37. The maximum absolute atomic E-state index is 12.1. The highest BCUT2D eigenvalue weighted by molar-refractivity contribution is 5.95. The standard InChI is InChI=1S/C10H12F3N3O3/c1-2-5-3-6(16-15-5)8(17)14-7(9(18)19)4-10(11,12)13/h3,7H,2,4H2,1H3,(H,14,17)(H,15,16)(H,18,19). The predicted octanol–water partition coefficient (Wildman–Crippen LogP) is 1.11. The Bertz CT molecular complexity index is 470. The van der Waals surface area contributed by atoms with Crippen LogP contribution in [0.3, 0.4) is 0 Å². The van der Waals surface area contributed by atoms with Gasteiger partial charge in [-0.1, -0.05) is 6.92 Å². The quantitative estimate of drug-likeness (QED) is 0.752. The zero-order chi connectivity index (χ0) is 14.6. The van der Waals surface area contributed by atoms with Gasteiger partial charge >= 0.3 is 12.1 Å². The van der Waals surface area contributed by atoms with E-state index in [1.165, 1.54) is 6.07 Å². The molecule has 1 aromatic heterocycles. The summed E-state index contributed by atoms with van der Waals surface area (Å²) in [6.45, 7) is 1.79. The molecule has 1 heterocycles. The lowest BCUT2D eigenvalue weighted by atomic mass is 10.2. The molecule has 1 atom stereocenters. The summed E-state index contributed by atoms with van der Waals surface area (Å²) >= 11 is 0. The molecule has 0 radical (unpaired) electrons. The average molecular weight is 279 g/mol. The van der Waals surface area contributed by atoms with E-state index in [4.69, 9.17) is 5.11 Å². The lowest BCUT2D eigenvalue weighted by Crippen LogP contribution is -2.43. The van der Waals surface area contributed by atoms with Crippen LogP contribution in [0, 0.1) is 0 Å². The number of aromatic amines is 1. The number of H-pyrrole nitrogens is 1. The summed E-state index contributed by atoms with van der Waals surface area (Å²) < 4.78 is 36.4. The van der Waals surface area contributed by atoms with Crippen molar-refractivity contribution in [2.75, 3.05) is 0 Å². The number of aliphatic carboxylic acids is 1. The van der Waals surface area contributed by atoms with Crippen molar-refractivity contribution in [3.8, 4) is 0 Å². The molecule has 0 fully saturated rings. The highest BCUT2D eigenvalue weighted by Crippen LogP contribution is 2.21. The number of hydrogen-bond acceptors (Lipinski definition) is 3. The molecule has 6 nitrogen and oxygen atoms in total. The molecule has 0 aromatic carbocycles. The number of carbonyl (C=O) groups is 2. The maximum Gasteiger partial charge on any atom is 0.391 e. The topological polar surface area (TPSA) is 95.1 Å². The number of aromatic nitrogens is 2. The second-order valence-corrected chi connectivity index (χ2v) is 3.82. The fourth-order valence-electron chi connectivity index (χ4n) is 1.32. The molecule has 1 rings (SSSR count). The molecule has 3 N–H and O–H groups in total. The minimum Gasteiger partial charge on any atom is -0.480 e. The SMILES string of the molecule is CCc1cc(C(=O)NC(CC(F)(F)F)C(=O)O)n[nH]1. The summed E-state index contributed by atoms with van der Waals surface area (Å²) in [6.07, 6.45) is -5.76. The van der Waals surface area contributed by atoms with Crippen molar-refractivity contribution in [1.29, 1.82) is 0 Å². The lowest BCUT2D eigenvalue weighted by Gasteiger charge is -2.15. The van der Waals surface area contributed by atoms with Crippen molar-refractivity contribution in [2.45, 2.75) is 32.0 Å². The third kappa shape index (κ3) is 4.60. The predicted molar refractivity (Wildman–Crippen MR) is 57.5 cm³/mol. The first kappa shape index (κ1) is 15.0. The number of amides is 1. The number of carbonyl (C=O) groups excluding carboxylic acids is 1. The van der Waals surface area contributed by atoms with Gasteiger partial charge in [-0.25, -0.2) is 4.79 Å². The molecule has 19 heavy (non-hydrogen) atoms. The Hall–Kier alpha value is -2.06. The van der Waals surface area contributed by atoms with Crippen molar-refractivity contribution < 1.29 is 27.9 Å². The van der Waals surface area contributed by atoms with Gasteiger partial charge in [0.2, 0.25) is 0 Å². The monoisotopic (exact) mass is 279 g/mol. The zero-order valence-electron chi connectivity index (χ0n) is 9.91. The molecule has 0 spiro atoms. The van der Waals surface area contributed by atoms with Crippen molar-refractivity contribution in [1.82, 2.24) is 15.5 Å². The van der Waals surface area contributed by atoms with Crippen molar-refractivity contribution in [3.63, 3.8) is 0 Å². The summed E-state index contributed by atoms with van der Waals surface area (Å²) in [5.41, 5.74) is 0.470. The van der Waals surface area contributed by atoms with E-state index < -0.39 is 30.5 Å². The molecule has 0 saturated heterocycles. The van der Waals surface area contributed by atoms with E-state index in [0.717, 1.165) is 0 Å². The second-order valence-electron chi connectivity index (χ2n) is 3.82. The molecular formula is C10H12F3N3O3. The Morgan fingerprint density at radius 1 is 1.53 bits per heavy atom. The number of nitrogens with one attached hydrogen (secondary N) is 2. The van der Waals surface area contributed by atoms with E-state index in [0.29, 0.717) is 12.1 Å². The Balaban J connectivity index is 2.74. The van der Waals surface area contributed by atoms with E-state index in [-0.39, 0.29) is 5.69 Å². The molecule has 0 bridgehead atoms. The summed E-state index contributed by atoms with van der Waals surface area (Å²) in [7, 11) is 0. The zero-order valence-corrected chi connectivity index (χ0v) is 9.91. The molecule has 1 unspecified atom stereocenters. The summed E-state index contributed by atoms with van der Waals surface area (Å²) in [6, 6.07) is -0.684. The minimum atomic E-state index is -4.68. The molecule has 1 aromatic rings. The molecule has 0 aliphatic rings. The van der Waals surface area contributed by atoms with Crippen LogP contribution in [0.1, 0.15) is 29.5 Å². The van der Waals surface area contributed by atoms with Crippen LogP contribution in [0.4, 0.5) is 13.2 Å². The maximum atomic E-state index is 12.1. The van der Waals surface area contributed by atoms with Gasteiger partial charge < -0.3 is 10.4 Å². The lowest BCUT2D eigenvalue weighted by molar-refractivity contribution is -0.157. The van der Waals surface area contributed by atoms with E-state index in [1.807, 2.05) is 0 Å². The Morgan fingerprint density at radius 2 is 2.16 bits per heavy atom. The van der Waals surface area contributed by atoms with Gasteiger partial charge in [0.1, 0.15) is 11.7 Å². The largest absolute Gasteiger partial charge is 0.480 e. The first-order valence-corrected chi connectivity index (χ1v) is 5.37. The third-order valence-corrected chi connectivity index (χ3v) is 2.28. The number of nitrogens with zero attached hydrogens (tertiary/aromatic N) is 1. The van der Waals surface area contributed by atoms with Crippen molar-refractivity contribution in [3.05, 3.63) is 17.5 Å². The van der Waals surface area contributed by atoms with Crippen molar-refractivity contribution >= 4 is 11.9 Å². The smallest absolute Gasteiger partial charge is 0.391 e. The Kier molecular flexibility index (Phi) is 4.52. The van der Waals surface area contributed by atoms with E-state index in [2.05, 4.69) is 10.2 Å². The fraction of sp³-hybridized carbons (Fsp3) is 0.500. The highest BCUT2D eigenvalue weighted by atomic mass is 19.4.